The Hall–Kier alpha value is -1.55. The minimum atomic E-state index is 0.496. The van der Waals surface area contributed by atoms with Crippen molar-refractivity contribution in [3.8, 4) is 6.07 Å². The molecule has 2 spiro atoms. The molecule has 0 unspecified atom stereocenters. The highest BCUT2D eigenvalue weighted by Gasteiger charge is 2.67. The first kappa shape index (κ1) is 9.48. The lowest BCUT2D eigenvalue weighted by atomic mass is 9.68. The highest BCUT2D eigenvalue weighted by atomic mass is 14.7. The van der Waals surface area contributed by atoms with Gasteiger partial charge in [-0.05, 0) is 54.2 Å². The van der Waals surface area contributed by atoms with E-state index in [4.69, 9.17) is 5.26 Å². The first-order valence-corrected chi connectivity index (χ1v) is 6.50. The van der Waals surface area contributed by atoms with Gasteiger partial charge in [0.2, 0.25) is 0 Å². The summed E-state index contributed by atoms with van der Waals surface area (Å²) in [6, 6.07) is 11.0. The molecule has 0 heterocycles. The zero-order chi connectivity index (χ0) is 11.5. The van der Waals surface area contributed by atoms with Crippen molar-refractivity contribution in [3.63, 3.8) is 0 Å². The number of nitrogens with zero attached hydrogens (tertiary/aromatic N) is 1. The number of hydrogen-bond acceptors (Lipinski definition) is 1. The number of fused-ring (bicyclic) bond motifs is 3. The van der Waals surface area contributed by atoms with Gasteiger partial charge in [0.1, 0.15) is 0 Å². The molecule has 0 amide bonds. The van der Waals surface area contributed by atoms with Gasteiger partial charge >= 0.3 is 0 Å². The Morgan fingerprint density at radius 1 is 1.12 bits per heavy atom. The molecule has 0 atom stereocenters. The van der Waals surface area contributed by atoms with Crippen molar-refractivity contribution in [2.45, 2.75) is 37.5 Å². The maximum absolute atomic E-state index is 8.95. The van der Waals surface area contributed by atoms with Crippen LogP contribution < -0.4 is 0 Å². The second-order valence-electron chi connectivity index (χ2n) is 5.88. The van der Waals surface area contributed by atoms with Gasteiger partial charge in [0.05, 0.1) is 6.07 Å². The minimum Gasteiger partial charge on any atom is -0.193 e. The summed E-state index contributed by atoms with van der Waals surface area (Å²) < 4.78 is 0. The van der Waals surface area contributed by atoms with Crippen molar-refractivity contribution >= 4 is 5.57 Å². The van der Waals surface area contributed by atoms with Crippen molar-refractivity contribution in [2.75, 3.05) is 0 Å². The molecule has 1 aromatic carbocycles. The van der Waals surface area contributed by atoms with Gasteiger partial charge in [-0.1, -0.05) is 24.3 Å². The Morgan fingerprint density at radius 2 is 1.88 bits per heavy atom. The molecule has 0 radical (unpaired) electrons. The fourth-order valence-electron chi connectivity index (χ4n) is 4.03. The summed E-state index contributed by atoms with van der Waals surface area (Å²) >= 11 is 0. The molecule has 1 nitrogen and oxygen atoms in total. The lowest BCUT2D eigenvalue weighted by Crippen LogP contribution is -2.28. The van der Waals surface area contributed by atoms with Crippen molar-refractivity contribution in [2.24, 2.45) is 5.41 Å². The quantitative estimate of drug-likeness (QED) is 0.611. The largest absolute Gasteiger partial charge is 0.193 e. The lowest BCUT2D eigenvalue weighted by Gasteiger charge is -2.36. The maximum atomic E-state index is 8.95. The summed E-state index contributed by atoms with van der Waals surface area (Å²) in [7, 11) is 0. The smallest absolute Gasteiger partial charge is 0.0915 e. The van der Waals surface area contributed by atoms with Crippen LogP contribution in [0.2, 0.25) is 0 Å². The molecule has 0 saturated heterocycles. The predicted octanol–water partition coefficient (Wildman–Crippen LogP) is 3.81. The molecule has 2 fully saturated rings. The third-order valence-corrected chi connectivity index (χ3v) is 5.17. The Morgan fingerprint density at radius 3 is 2.53 bits per heavy atom. The van der Waals surface area contributed by atoms with E-state index in [0.717, 1.165) is 6.42 Å². The van der Waals surface area contributed by atoms with Gasteiger partial charge in [0, 0.05) is 11.5 Å². The molecule has 1 aromatic rings. The lowest BCUT2D eigenvalue weighted by molar-refractivity contribution is 0.375. The van der Waals surface area contributed by atoms with Crippen molar-refractivity contribution in [3.05, 3.63) is 41.5 Å². The van der Waals surface area contributed by atoms with Gasteiger partial charge in [0.25, 0.3) is 0 Å². The van der Waals surface area contributed by atoms with Crippen LogP contribution in [0.15, 0.2) is 30.3 Å². The van der Waals surface area contributed by atoms with Gasteiger partial charge < -0.3 is 0 Å². The molecular formula is C16H15N. The van der Waals surface area contributed by atoms with E-state index >= 15 is 0 Å². The first-order valence-electron chi connectivity index (χ1n) is 6.50. The van der Waals surface area contributed by atoms with E-state index in [1.807, 2.05) is 0 Å². The Kier molecular flexibility index (Phi) is 1.57. The fraction of sp³-hybridized carbons (Fsp3) is 0.438. The van der Waals surface area contributed by atoms with E-state index < -0.39 is 0 Å². The predicted molar refractivity (Wildman–Crippen MR) is 67.2 cm³/mol. The summed E-state index contributed by atoms with van der Waals surface area (Å²) in [5.74, 6) is 0. The van der Waals surface area contributed by atoms with Crippen molar-refractivity contribution in [1.29, 1.82) is 5.26 Å². The number of benzene rings is 1. The van der Waals surface area contributed by atoms with Gasteiger partial charge in [0.15, 0.2) is 0 Å². The first-order chi connectivity index (χ1) is 8.31. The SMILES string of the molecule is N#C/C=C1\CC2(CC2)C2(CC2)c2ccccc21. The zero-order valence-corrected chi connectivity index (χ0v) is 9.87. The molecule has 2 saturated carbocycles. The van der Waals surface area contributed by atoms with E-state index in [2.05, 4.69) is 30.3 Å². The highest BCUT2D eigenvalue weighted by molar-refractivity contribution is 5.76. The molecule has 84 valence electrons. The molecule has 0 N–H and O–H groups in total. The van der Waals surface area contributed by atoms with Gasteiger partial charge in [-0.3, -0.25) is 0 Å². The molecule has 0 bridgehead atoms. The number of hydrogen-bond donors (Lipinski definition) is 0. The molecule has 17 heavy (non-hydrogen) atoms. The molecule has 1 heteroatoms. The summed E-state index contributed by atoms with van der Waals surface area (Å²) in [6.45, 7) is 0. The Bertz CT molecular complexity index is 565. The summed E-state index contributed by atoms with van der Waals surface area (Å²) in [6.07, 6.45) is 8.37. The Labute approximate surface area is 102 Å². The second kappa shape index (κ2) is 2.82. The molecule has 0 aromatic heterocycles. The molecular weight excluding hydrogens is 206 g/mol. The van der Waals surface area contributed by atoms with Crippen LogP contribution in [0.1, 0.15) is 43.2 Å². The summed E-state index contributed by atoms with van der Waals surface area (Å²) in [5, 5.41) is 8.95. The van der Waals surface area contributed by atoms with Gasteiger partial charge in [-0.2, -0.15) is 5.26 Å². The van der Waals surface area contributed by atoms with Crippen LogP contribution in [0, 0.1) is 16.7 Å². The normalized spacial score (nSPS) is 27.8. The van der Waals surface area contributed by atoms with Gasteiger partial charge in [-0.25, -0.2) is 0 Å². The van der Waals surface area contributed by atoms with Crippen LogP contribution in [0.25, 0.3) is 5.57 Å². The van der Waals surface area contributed by atoms with Crippen molar-refractivity contribution in [1.82, 2.24) is 0 Å². The number of rotatable bonds is 0. The molecule has 3 aliphatic rings. The third-order valence-electron chi connectivity index (χ3n) is 5.17. The fourth-order valence-corrected chi connectivity index (χ4v) is 4.03. The minimum absolute atomic E-state index is 0.496. The standard InChI is InChI=1S/C16H15N/c17-10-5-12-11-15(6-7-15)16(8-9-16)14-4-2-1-3-13(12)14/h1-5H,6-9,11H2/b12-5+. The van der Waals surface area contributed by atoms with Crippen LogP contribution >= 0.6 is 0 Å². The molecule has 3 aliphatic carbocycles. The van der Waals surface area contributed by atoms with Crippen molar-refractivity contribution < 1.29 is 0 Å². The van der Waals surface area contributed by atoms with E-state index in [1.54, 1.807) is 6.08 Å². The zero-order valence-electron chi connectivity index (χ0n) is 9.87. The van der Waals surface area contributed by atoms with Crippen LogP contribution in [0.4, 0.5) is 0 Å². The molecule has 4 rings (SSSR count). The van der Waals surface area contributed by atoms with Crippen LogP contribution in [0.3, 0.4) is 0 Å². The topological polar surface area (TPSA) is 23.8 Å². The summed E-state index contributed by atoms with van der Waals surface area (Å²) in [4.78, 5) is 0. The van der Waals surface area contributed by atoms with E-state index in [9.17, 15) is 0 Å². The Balaban J connectivity index is 1.97. The second-order valence-corrected chi connectivity index (χ2v) is 5.88. The average molecular weight is 221 g/mol. The summed E-state index contributed by atoms with van der Waals surface area (Å²) in [5.41, 5.74) is 5.19. The van der Waals surface area contributed by atoms with Gasteiger partial charge in [-0.15, -0.1) is 0 Å². The van der Waals surface area contributed by atoms with E-state index in [0.29, 0.717) is 10.8 Å². The monoisotopic (exact) mass is 221 g/mol. The van der Waals surface area contributed by atoms with E-state index in [1.165, 1.54) is 42.4 Å². The highest BCUT2D eigenvalue weighted by Crippen LogP contribution is 2.76. The van der Waals surface area contributed by atoms with Crippen LogP contribution in [-0.4, -0.2) is 0 Å². The molecule has 0 aliphatic heterocycles. The van der Waals surface area contributed by atoms with Crippen LogP contribution in [0.5, 0.6) is 0 Å². The van der Waals surface area contributed by atoms with E-state index in [-0.39, 0.29) is 0 Å². The maximum Gasteiger partial charge on any atom is 0.0915 e. The average Bonchev–Trinajstić information content (AvgIpc) is 3.22. The third kappa shape index (κ3) is 1.04. The number of allylic oxidation sites excluding steroid dienone is 2. The number of nitriles is 1. The van der Waals surface area contributed by atoms with Crippen LogP contribution in [-0.2, 0) is 5.41 Å².